The minimum absolute atomic E-state index is 0.0682. The van der Waals surface area contributed by atoms with Crippen molar-refractivity contribution in [3.63, 3.8) is 0 Å². The fourth-order valence-corrected chi connectivity index (χ4v) is 1.65. The number of aliphatic hydroxyl groups excluding tert-OH is 1. The first-order chi connectivity index (χ1) is 9.52. The maximum absolute atomic E-state index is 11.6. The van der Waals surface area contributed by atoms with Crippen LogP contribution in [0.1, 0.15) is 25.3 Å². The standard InChI is InChI=1S/C15H23NO4/c1-11(2)12-5-4-6-14(7-12)20-10-15(18)16-8-13(17)9-19-3/h4-7,11,13,17H,8-10H2,1-3H3,(H,16,18). The molecule has 0 aliphatic rings. The molecule has 2 N–H and O–H groups in total. The molecule has 0 aliphatic carbocycles. The van der Waals surface area contributed by atoms with E-state index in [2.05, 4.69) is 19.2 Å². The average Bonchev–Trinajstić information content (AvgIpc) is 2.43. The third kappa shape index (κ3) is 6.04. The van der Waals surface area contributed by atoms with Crippen molar-refractivity contribution in [2.24, 2.45) is 0 Å². The van der Waals surface area contributed by atoms with Gasteiger partial charge in [0.15, 0.2) is 6.61 Å². The summed E-state index contributed by atoms with van der Waals surface area (Å²) in [6, 6.07) is 7.68. The monoisotopic (exact) mass is 281 g/mol. The van der Waals surface area contributed by atoms with Gasteiger partial charge in [-0.1, -0.05) is 26.0 Å². The minimum atomic E-state index is -0.701. The van der Waals surface area contributed by atoms with Gasteiger partial charge >= 0.3 is 0 Å². The highest BCUT2D eigenvalue weighted by atomic mass is 16.5. The van der Waals surface area contributed by atoms with Crippen LogP contribution in [0.3, 0.4) is 0 Å². The molecule has 0 bridgehead atoms. The molecule has 0 heterocycles. The van der Waals surface area contributed by atoms with E-state index >= 15 is 0 Å². The van der Waals surface area contributed by atoms with Gasteiger partial charge in [0, 0.05) is 13.7 Å². The van der Waals surface area contributed by atoms with Crippen LogP contribution < -0.4 is 10.1 Å². The average molecular weight is 281 g/mol. The number of ether oxygens (including phenoxy) is 2. The van der Waals surface area contributed by atoms with Gasteiger partial charge in [-0.25, -0.2) is 0 Å². The fraction of sp³-hybridized carbons (Fsp3) is 0.533. The predicted molar refractivity (Wildman–Crippen MR) is 76.9 cm³/mol. The fourth-order valence-electron chi connectivity index (χ4n) is 1.65. The Morgan fingerprint density at radius 3 is 2.80 bits per heavy atom. The predicted octanol–water partition coefficient (Wildman–Crippen LogP) is 1.31. The van der Waals surface area contributed by atoms with E-state index < -0.39 is 6.10 Å². The summed E-state index contributed by atoms with van der Waals surface area (Å²) >= 11 is 0. The van der Waals surface area contributed by atoms with Crippen molar-refractivity contribution < 1.29 is 19.4 Å². The third-order valence-electron chi connectivity index (χ3n) is 2.79. The molecule has 1 aromatic carbocycles. The quantitative estimate of drug-likeness (QED) is 0.754. The molecule has 0 saturated carbocycles. The first-order valence-corrected chi connectivity index (χ1v) is 6.69. The highest BCUT2D eigenvalue weighted by Gasteiger charge is 2.08. The lowest BCUT2D eigenvalue weighted by Crippen LogP contribution is -2.36. The Bertz CT molecular complexity index is 420. The number of benzene rings is 1. The Kier molecular flexibility index (Phi) is 7.04. The van der Waals surface area contributed by atoms with E-state index in [0.717, 1.165) is 0 Å². The molecule has 0 saturated heterocycles. The van der Waals surface area contributed by atoms with E-state index in [1.165, 1.54) is 12.7 Å². The molecular formula is C15H23NO4. The Morgan fingerprint density at radius 1 is 1.40 bits per heavy atom. The van der Waals surface area contributed by atoms with Crippen molar-refractivity contribution in [2.45, 2.75) is 25.9 Å². The second-order valence-electron chi connectivity index (χ2n) is 4.93. The summed E-state index contributed by atoms with van der Waals surface area (Å²) < 4.78 is 10.2. The van der Waals surface area contributed by atoms with Crippen molar-refractivity contribution in [1.29, 1.82) is 0 Å². The van der Waals surface area contributed by atoms with E-state index in [1.54, 1.807) is 0 Å². The number of nitrogens with one attached hydrogen (secondary N) is 1. The lowest BCUT2D eigenvalue weighted by molar-refractivity contribution is -0.123. The van der Waals surface area contributed by atoms with E-state index in [9.17, 15) is 9.90 Å². The van der Waals surface area contributed by atoms with Gasteiger partial charge in [0.1, 0.15) is 5.75 Å². The zero-order chi connectivity index (χ0) is 15.0. The number of rotatable bonds is 8. The van der Waals surface area contributed by atoms with Crippen molar-refractivity contribution in [3.05, 3.63) is 29.8 Å². The van der Waals surface area contributed by atoms with Crippen LogP contribution in [0.25, 0.3) is 0 Å². The molecule has 0 fully saturated rings. The molecule has 112 valence electrons. The van der Waals surface area contributed by atoms with Crippen LogP contribution in [0.2, 0.25) is 0 Å². The number of hydrogen-bond donors (Lipinski definition) is 2. The van der Waals surface area contributed by atoms with E-state index in [0.29, 0.717) is 11.7 Å². The van der Waals surface area contributed by atoms with Crippen molar-refractivity contribution in [2.75, 3.05) is 26.9 Å². The van der Waals surface area contributed by atoms with Crippen LogP contribution in [0.5, 0.6) is 5.75 Å². The first kappa shape index (κ1) is 16.5. The van der Waals surface area contributed by atoms with Gasteiger partial charge in [-0.15, -0.1) is 0 Å². The summed E-state index contributed by atoms with van der Waals surface area (Å²) in [4.78, 5) is 11.6. The Labute approximate surface area is 119 Å². The molecule has 0 aliphatic heterocycles. The SMILES string of the molecule is COCC(O)CNC(=O)COc1cccc(C(C)C)c1. The lowest BCUT2D eigenvalue weighted by Gasteiger charge is -2.12. The van der Waals surface area contributed by atoms with Crippen LogP contribution in [0.4, 0.5) is 0 Å². The summed E-state index contributed by atoms with van der Waals surface area (Å²) in [5, 5.41) is 12.0. The van der Waals surface area contributed by atoms with Gasteiger partial charge < -0.3 is 19.9 Å². The summed E-state index contributed by atoms with van der Waals surface area (Å²) in [7, 11) is 1.50. The molecule has 1 rings (SSSR count). The van der Waals surface area contributed by atoms with E-state index in [4.69, 9.17) is 9.47 Å². The number of amides is 1. The van der Waals surface area contributed by atoms with Gasteiger partial charge in [0.05, 0.1) is 12.7 Å². The minimum Gasteiger partial charge on any atom is -0.484 e. The zero-order valence-electron chi connectivity index (χ0n) is 12.3. The van der Waals surface area contributed by atoms with Crippen molar-refractivity contribution in [3.8, 4) is 5.75 Å². The van der Waals surface area contributed by atoms with Gasteiger partial charge in [-0.2, -0.15) is 0 Å². The highest BCUT2D eigenvalue weighted by molar-refractivity contribution is 5.77. The van der Waals surface area contributed by atoms with E-state index in [-0.39, 0.29) is 25.7 Å². The molecular weight excluding hydrogens is 258 g/mol. The molecule has 5 heteroatoms. The maximum atomic E-state index is 11.6. The number of hydrogen-bond acceptors (Lipinski definition) is 4. The molecule has 0 radical (unpaired) electrons. The summed E-state index contributed by atoms with van der Waals surface area (Å²) in [6.07, 6.45) is -0.701. The smallest absolute Gasteiger partial charge is 0.258 e. The molecule has 1 atom stereocenters. The lowest BCUT2D eigenvalue weighted by atomic mass is 10.0. The molecule has 0 aromatic heterocycles. The Balaban J connectivity index is 2.35. The molecule has 0 spiro atoms. The van der Waals surface area contributed by atoms with Crippen LogP contribution in [0.15, 0.2) is 24.3 Å². The number of methoxy groups -OCH3 is 1. The van der Waals surface area contributed by atoms with E-state index in [1.807, 2.05) is 24.3 Å². The Hall–Kier alpha value is -1.59. The normalized spacial score (nSPS) is 12.2. The number of aliphatic hydroxyl groups is 1. The largest absolute Gasteiger partial charge is 0.484 e. The Morgan fingerprint density at radius 2 is 2.15 bits per heavy atom. The molecule has 5 nitrogen and oxygen atoms in total. The summed E-state index contributed by atoms with van der Waals surface area (Å²) in [5.41, 5.74) is 1.17. The summed E-state index contributed by atoms with van der Waals surface area (Å²) in [6.45, 7) is 4.48. The summed E-state index contributed by atoms with van der Waals surface area (Å²) in [5.74, 6) is 0.815. The second kappa shape index (κ2) is 8.55. The van der Waals surface area contributed by atoms with Gasteiger partial charge in [-0.05, 0) is 23.6 Å². The van der Waals surface area contributed by atoms with Crippen molar-refractivity contribution in [1.82, 2.24) is 5.32 Å². The molecule has 20 heavy (non-hydrogen) atoms. The number of carbonyl (C=O) groups is 1. The van der Waals surface area contributed by atoms with Crippen molar-refractivity contribution >= 4 is 5.91 Å². The second-order valence-corrected chi connectivity index (χ2v) is 4.93. The van der Waals surface area contributed by atoms with Crippen LogP contribution in [-0.4, -0.2) is 44.0 Å². The topological polar surface area (TPSA) is 67.8 Å². The maximum Gasteiger partial charge on any atom is 0.258 e. The molecule has 1 aromatic rings. The van der Waals surface area contributed by atoms with Crippen LogP contribution in [-0.2, 0) is 9.53 Å². The highest BCUT2D eigenvalue weighted by Crippen LogP contribution is 2.19. The molecule has 1 unspecified atom stereocenters. The van der Waals surface area contributed by atoms with Gasteiger partial charge in [0.25, 0.3) is 5.91 Å². The van der Waals surface area contributed by atoms with Gasteiger partial charge in [-0.3, -0.25) is 4.79 Å². The number of carbonyl (C=O) groups excluding carboxylic acids is 1. The van der Waals surface area contributed by atoms with Gasteiger partial charge in [0.2, 0.25) is 0 Å². The van der Waals surface area contributed by atoms with Crippen LogP contribution in [0, 0.1) is 0 Å². The van der Waals surface area contributed by atoms with Crippen LogP contribution >= 0.6 is 0 Å². The third-order valence-corrected chi connectivity index (χ3v) is 2.79. The first-order valence-electron chi connectivity index (χ1n) is 6.69. The zero-order valence-corrected chi connectivity index (χ0v) is 12.3. The molecule has 1 amide bonds.